The molecule has 4 nitrogen and oxygen atoms in total. The van der Waals surface area contributed by atoms with Crippen molar-refractivity contribution in [3.63, 3.8) is 0 Å². The second-order valence-corrected chi connectivity index (χ2v) is 4.41. The number of nitrogens with zero attached hydrogens (tertiary/aromatic N) is 2. The Labute approximate surface area is 89.9 Å². The zero-order valence-corrected chi connectivity index (χ0v) is 9.31. The third-order valence-corrected chi connectivity index (χ3v) is 2.91. The van der Waals surface area contributed by atoms with Gasteiger partial charge in [0, 0.05) is 39.1 Å². The quantitative estimate of drug-likeness (QED) is 0.803. The Hall–Kier alpha value is -0.870. The van der Waals surface area contributed by atoms with Gasteiger partial charge >= 0.3 is 0 Å². The summed E-state index contributed by atoms with van der Waals surface area (Å²) in [5.74, 6) is 0. The molecule has 0 spiro atoms. The first-order valence-corrected chi connectivity index (χ1v) is 5.43. The molecule has 2 rings (SSSR count). The van der Waals surface area contributed by atoms with E-state index in [1.807, 2.05) is 26.4 Å². The lowest BCUT2D eigenvalue weighted by atomic mass is 9.74. The summed E-state index contributed by atoms with van der Waals surface area (Å²) in [7, 11) is 1.89. The zero-order chi connectivity index (χ0) is 10.9. The molecule has 1 aromatic heterocycles. The average Bonchev–Trinajstić information content (AvgIpc) is 2.49. The fourth-order valence-corrected chi connectivity index (χ4v) is 2.23. The largest absolute Gasteiger partial charge is 0.389 e. The number of rotatable bonds is 4. The van der Waals surface area contributed by atoms with Gasteiger partial charge in [0.15, 0.2) is 0 Å². The highest BCUT2D eigenvalue weighted by molar-refractivity contribution is 5.11. The lowest BCUT2D eigenvalue weighted by molar-refractivity contribution is -0.136. The fraction of sp³-hybridized carbons (Fsp3) is 0.727. The van der Waals surface area contributed by atoms with E-state index in [0.29, 0.717) is 6.42 Å². The van der Waals surface area contributed by atoms with Crippen LogP contribution in [0, 0.1) is 0 Å². The molecule has 4 heteroatoms. The van der Waals surface area contributed by atoms with Gasteiger partial charge in [0.2, 0.25) is 0 Å². The maximum atomic E-state index is 10.2. The van der Waals surface area contributed by atoms with Crippen LogP contribution in [-0.4, -0.2) is 33.2 Å². The second-order valence-electron chi connectivity index (χ2n) is 4.41. The van der Waals surface area contributed by atoms with Crippen LogP contribution in [0.5, 0.6) is 0 Å². The molecule has 0 unspecified atom stereocenters. The summed E-state index contributed by atoms with van der Waals surface area (Å²) in [4.78, 5) is 0. The molecular weight excluding hydrogens is 192 g/mol. The minimum absolute atomic E-state index is 0.247. The maximum Gasteiger partial charge on any atom is 0.0738 e. The Kier molecular flexibility index (Phi) is 2.80. The summed E-state index contributed by atoms with van der Waals surface area (Å²) < 4.78 is 7.20. The van der Waals surface area contributed by atoms with Gasteiger partial charge in [-0.3, -0.25) is 4.68 Å². The van der Waals surface area contributed by atoms with Gasteiger partial charge in [-0.1, -0.05) is 0 Å². The molecule has 1 aromatic rings. The molecule has 0 saturated heterocycles. The Morgan fingerprint density at radius 1 is 1.67 bits per heavy atom. The average molecular weight is 210 g/mol. The second kappa shape index (κ2) is 3.94. The van der Waals surface area contributed by atoms with Crippen LogP contribution in [0.3, 0.4) is 0 Å². The summed E-state index contributed by atoms with van der Waals surface area (Å²) in [5.41, 5.74) is 0.526. The number of aliphatic hydroxyl groups is 1. The first-order chi connectivity index (χ1) is 7.11. The summed E-state index contributed by atoms with van der Waals surface area (Å²) >= 11 is 0. The number of hydrogen-bond donors (Lipinski definition) is 1. The third kappa shape index (κ3) is 2.38. The molecule has 1 saturated carbocycles. The van der Waals surface area contributed by atoms with Crippen LogP contribution in [0.25, 0.3) is 0 Å². The Morgan fingerprint density at radius 2 is 2.40 bits per heavy atom. The minimum atomic E-state index is -0.567. The molecular formula is C11H18N2O2. The summed E-state index contributed by atoms with van der Waals surface area (Å²) in [5, 5.41) is 14.2. The molecule has 0 aromatic carbocycles. The van der Waals surface area contributed by atoms with Crippen molar-refractivity contribution in [2.45, 2.75) is 37.9 Å². The number of ether oxygens (including phenoxy) is 1. The van der Waals surface area contributed by atoms with Crippen molar-refractivity contribution in [3.05, 3.63) is 18.0 Å². The van der Waals surface area contributed by atoms with Crippen molar-refractivity contribution >= 4 is 0 Å². The summed E-state index contributed by atoms with van der Waals surface area (Å²) in [6.07, 6.45) is 6.19. The van der Waals surface area contributed by atoms with E-state index in [1.54, 1.807) is 4.68 Å². The monoisotopic (exact) mass is 210 g/mol. The van der Waals surface area contributed by atoms with Gasteiger partial charge in [-0.15, -0.1) is 0 Å². The number of aryl methyl sites for hydroxylation is 1. The van der Waals surface area contributed by atoms with E-state index < -0.39 is 5.60 Å². The van der Waals surface area contributed by atoms with Crippen LogP contribution in [-0.2, 0) is 18.2 Å². The first-order valence-electron chi connectivity index (χ1n) is 5.43. The minimum Gasteiger partial charge on any atom is -0.389 e. The van der Waals surface area contributed by atoms with E-state index in [-0.39, 0.29) is 6.10 Å². The predicted octanol–water partition coefficient (Wildman–Crippen LogP) is 0.893. The molecule has 1 fully saturated rings. The van der Waals surface area contributed by atoms with Gasteiger partial charge in [-0.2, -0.15) is 5.10 Å². The number of hydrogen-bond acceptors (Lipinski definition) is 3. The normalized spacial score (nSPS) is 30.2. The van der Waals surface area contributed by atoms with Crippen LogP contribution in [0.15, 0.2) is 12.4 Å². The fourth-order valence-electron chi connectivity index (χ4n) is 2.23. The molecule has 0 atom stereocenters. The van der Waals surface area contributed by atoms with Gasteiger partial charge in [0.1, 0.15) is 0 Å². The molecule has 1 heterocycles. The van der Waals surface area contributed by atoms with Crippen LogP contribution in [0.2, 0.25) is 0 Å². The summed E-state index contributed by atoms with van der Waals surface area (Å²) in [6, 6.07) is 0. The van der Waals surface area contributed by atoms with Crippen molar-refractivity contribution in [2.24, 2.45) is 7.05 Å². The van der Waals surface area contributed by atoms with E-state index in [0.717, 1.165) is 25.0 Å². The standard InChI is InChI=1S/C11H18N2O2/c1-3-15-10-5-11(14,6-10)4-9-7-12-13(2)8-9/h7-8,10,14H,3-6H2,1-2H3. The summed E-state index contributed by atoms with van der Waals surface area (Å²) in [6.45, 7) is 2.71. The Morgan fingerprint density at radius 3 is 2.93 bits per heavy atom. The van der Waals surface area contributed by atoms with Crippen molar-refractivity contribution in [1.29, 1.82) is 0 Å². The molecule has 0 radical (unpaired) electrons. The zero-order valence-electron chi connectivity index (χ0n) is 9.31. The highest BCUT2D eigenvalue weighted by atomic mass is 16.5. The molecule has 0 amide bonds. The van der Waals surface area contributed by atoms with E-state index in [2.05, 4.69) is 5.10 Å². The SMILES string of the molecule is CCOC1CC(O)(Cc2cnn(C)c2)C1. The van der Waals surface area contributed by atoms with Crippen molar-refractivity contribution in [2.75, 3.05) is 6.61 Å². The number of aromatic nitrogens is 2. The van der Waals surface area contributed by atoms with E-state index in [9.17, 15) is 5.11 Å². The van der Waals surface area contributed by atoms with Crippen LogP contribution < -0.4 is 0 Å². The Bertz CT molecular complexity index is 329. The van der Waals surface area contributed by atoms with Gasteiger partial charge < -0.3 is 9.84 Å². The van der Waals surface area contributed by atoms with Crippen LogP contribution >= 0.6 is 0 Å². The van der Waals surface area contributed by atoms with Crippen molar-refractivity contribution in [1.82, 2.24) is 9.78 Å². The van der Waals surface area contributed by atoms with Gasteiger partial charge in [0.05, 0.1) is 17.9 Å². The molecule has 1 aliphatic rings. The molecule has 15 heavy (non-hydrogen) atoms. The maximum absolute atomic E-state index is 10.2. The van der Waals surface area contributed by atoms with Crippen molar-refractivity contribution < 1.29 is 9.84 Å². The van der Waals surface area contributed by atoms with Crippen LogP contribution in [0.1, 0.15) is 25.3 Å². The third-order valence-electron chi connectivity index (χ3n) is 2.91. The lowest BCUT2D eigenvalue weighted by Crippen LogP contribution is -2.49. The van der Waals surface area contributed by atoms with Crippen LogP contribution in [0.4, 0.5) is 0 Å². The van der Waals surface area contributed by atoms with E-state index in [1.165, 1.54) is 0 Å². The lowest BCUT2D eigenvalue weighted by Gasteiger charge is -2.43. The first kappa shape index (κ1) is 10.6. The highest BCUT2D eigenvalue weighted by Gasteiger charge is 2.43. The molecule has 84 valence electrons. The molecule has 0 bridgehead atoms. The van der Waals surface area contributed by atoms with Gasteiger partial charge in [-0.05, 0) is 12.5 Å². The topological polar surface area (TPSA) is 47.3 Å². The van der Waals surface area contributed by atoms with Gasteiger partial charge in [0.25, 0.3) is 0 Å². The predicted molar refractivity (Wildman–Crippen MR) is 56.5 cm³/mol. The van der Waals surface area contributed by atoms with E-state index in [4.69, 9.17) is 4.74 Å². The highest BCUT2D eigenvalue weighted by Crippen LogP contribution is 2.37. The van der Waals surface area contributed by atoms with E-state index >= 15 is 0 Å². The molecule has 1 N–H and O–H groups in total. The van der Waals surface area contributed by atoms with Gasteiger partial charge in [-0.25, -0.2) is 0 Å². The molecule has 1 aliphatic carbocycles. The Balaban J connectivity index is 1.86. The smallest absolute Gasteiger partial charge is 0.0738 e. The molecule has 0 aliphatic heterocycles. The van der Waals surface area contributed by atoms with Crippen molar-refractivity contribution in [3.8, 4) is 0 Å².